The molecule has 3 heteroatoms. The molecule has 94 valence electrons. The van der Waals surface area contributed by atoms with E-state index in [1.165, 1.54) is 0 Å². The van der Waals surface area contributed by atoms with E-state index in [0.29, 0.717) is 17.2 Å². The summed E-state index contributed by atoms with van der Waals surface area (Å²) >= 11 is 6.07. The molecule has 0 amide bonds. The van der Waals surface area contributed by atoms with Crippen molar-refractivity contribution in [3.05, 3.63) is 64.7 Å². The van der Waals surface area contributed by atoms with E-state index >= 15 is 0 Å². The van der Waals surface area contributed by atoms with Crippen LogP contribution in [0.4, 0.5) is 0 Å². The van der Waals surface area contributed by atoms with Crippen LogP contribution in [0, 0.1) is 0 Å². The molecule has 1 atom stereocenters. The minimum Gasteiger partial charge on any atom is -0.494 e. The molecule has 0 aliphatic rings. The highest BCUT2D eigenvalue weighted by Gasteiger charge is 2.13. The highest BCUT2D eigenvalue weighted by molar-refractivity contribution is 6.31. The Hall–Kier alpha value is -1.51. The highest BCUT2D eigenvalue weighted by atomic mass is 35.5. The van der Waals surface area contributed by atoms with Crippen molar-refractivity contribution in [1.29, 1.82) is 0 Å². The molecule has 0 aliphatic heterocycles. The van der Waals surface area contributed by atoms with E-state index in [2.05, 4.69) is 0 Å². The maximum Gasteiger partial charge on any atom is 0.119 e. The smallest absolute Gasteiger partial charge is 0.119 e. The van der Waals surface area contributed by atoms with Gasteiger partial charge in [-0.2, -0.15) is 0 Å². The Morgan fingerprint density at radius 1 is 1.11 bits per heavy atom. The summed E-state index contributed by atoms with van der Waals surface area (Å²) in [5.74, 6) is 0.799. The Morgan fingerprint density at radius 2 is 1.78 bits per heavy atom. The maximum absolute atomic E-state index is 10.3. The molecule has 0 radical (unpaired) electrons. The minimum absolute atomic E-state index is 0.568. The van der Waals surface area contributed by atoms with Crippen molar-refractivity contribution in [1.82, 2.24) is 0 Å². The van der Waals surface area contributed by atoms with Crippen molar-refractivity contribution in [3.63, 3.8) is 0 Å². The standard InChI is InChI=1S/C15H15ClO2/c1-2-18-12-9-7-11(8-10-12)15(17)13-5-3-4-6-14(13)16/h3-10,15,17H,2H2,1H3. The van der Waals surface area contributed by atoms with Crippen molar-refractivity contribution in [2.75, 3.05) is 6.61 Å². The fourth-order valence-corrected chi connectivity index (χ4v) is 2.03. The van der Waals surface area contributed by atoms with Gasteiger partial charge in [0.05, 0.1) is 6.61 Å². The molecule has 2 aromatic rings. The highest BCUT2D eigenvalue weighted by Crippen LogP contribution is 2.28. The molecule has 0 aromatic heterocycles. The molecule has 2 rings (SSSR count). The summed E-state index contributed by atoms with van der Waals surface area (Å²) in [6.45, 7) is 2.57. The second-order valence-electron chi connectivity index (χ2n) is 3.93. The molecule has 0 saturated carbocycles. The van der Waals surface area contributed by atoms with Crippen LogP contribution in [0.1, 0.15) is 24.2 Å². The van der Waals surface area contributed by atoms with Crippen molar-refractivity contribution in [3.8, 4) is 5.75 Å². The van der Waals surface area contributed by atoms with E-state index in [4.69, 9.17) is 16.3 Å². The second-order valence-corrected chi connectivity index (χ2v) is 4.33. The van der Waals surface area contributed by atoms with Gasteiger partial charge >= 0.3 is 0 Å². The van der Waals surface area contributed by atoms with Gasteiger partial charge in [-0.1, -0.05) is 41.9 Å². The van der Waals surface area contributed by atoms with Crippen LogP contribution in [0.5, 0.6) is 5.75 Å². The SMILES string of the molecule is CCOc1ccc(C(O)c2ccccc2Cl)cc1. The Labute approximate surface area is 112 Å². The Balaban J connectivity index is 2.23. The predicted molar refractivity (Wildman–Crippen MR) is 73.1 cm³/mol. The van der Waals surface area contributed by atoms with Crippen LogP contribution in [-0.4, -0.2) is 11.7 Å². The molecule has 18 heavy (non-hydrogen) atoms. The number of aliphatic hydroxyl groups excluding tert-OH is 1. The fourth-order valence-electron chi connectivity index (χ4n) is 1.79. The number of benzene rings is 2. The average Bonchev–Trinajstić information content (AvgIpc) is 2.40. The molecule has 0 bridgehead atoms. The van der Waals surface area contributed by atoms with Gasteiger partial charge in [-0.3, -0.25) is 0 Å². The van der Waals surface area contributed by atoms with Crippen LogP contribution in [0.15, 0.2) is 48.5 Å². The quantitative estimate of drug-likeness (QED) is 0.908. The third-order valence-electron chi connectivity index (χ3n) is 2.71. The van der Waals surface area contributed by atoms with E-state index in [1.54, 1.807) is 6.07 Å². The summed E-state index contributed by atoms with van der Waals surface area (Å²) < 4.78 is 5.36. The maximum atomic E-state index is 10.3. The monoisotopic (exact) mass is 262 g/mol. The lowest BCUT2D eigenvalue weighted by Gasteiger charge is -2.13. The summed E-state index contributed by atoms with van der Waals surface area (Å²) in [5.41, 5.74) is 1.51. The summed E-state index contributed by atoms with van der Waals surface area (Å²) in [6, 6.07) is 14.7. The van der Waals surface area contributed by atoms with Crippen molar-refractivity contribution >= 4 is 11.6 Å². The topological polar surface area (TPSA) is 29.5 Å². The lowest BCUT2D eigenvalue weighted by molar-refractivity contribution is 0.220. The number of halogens is 1. The Kier molecular flexibility index (Phi) is 4.24. The first-order valence-corrected chi connectivity index (χ1v) is 6.25. The molecule has 0 fully saturated rings. The summed E-state index contributed by atoms with van der Waals surface area (Å²) in [5, 5.41) is 10.8. The predicted octanol–water partition coefficient (Wildman–Crippen LogP) is 3.82. The first-order valence-electron chi connectivity index (χ1n) is 5.87. The molecule has 2 aromatic carbocycles. The molecular weight excluding hydrogens is 248 g/mol. The third kappa shape index (κ3) is 2.84. The van der Waals surface area contributed by atoms with Crippen LogP contribution in [0.2, 0.25) is 5.02 Å². The van der Waals surface area contributed by atoms with Gasteiger partial charge in [0.15, 0.2) is 0 Å². The molecule has 1 unspecified atom stereocenters. The molecule has 0 heterocycles. The van der Waals surface area contributed by atoms with Gasteiger partial charge < -0.3 is 9.84 Å². The largest absolute Gasteiger partial charge is 0.494 e. The average molecular weight is 263 g/mol. The van der Waals surface area contributed by atoms with Crippen molar-refractivity contribution < 1.29 is 9.84 Å². The summed E-state index contributed by atoms with van der Waals surface area (Å²) in [6.07, 6.45) is -0.714. The van der Waals surface area contributed by atoms with Crippen molar-refractivity contribution in [2.24, 2.45) is 0 Å². The summed E-state index contributed by atoms with van der Waals surface area (Å²) in [4.78, 5) is 0. The Bertz CT molecular complexity index is 508. The molecule has 0 saturated heterocycles. The number of hydrogen-bond acceptors (Lipinski definition) is 2. The van der Waals surface area contributed by atoms with E-state index in [9.17, 15) is 5.11 Å². The van der Waals surface area contributed by atoms with Gasteiger partial charge in [0, 0.05) is 10.6 Å². The fraction of sp³-hybridized carbons (Fsp3) is 0.200. The number of ether oxygens (including phenoxy) is 1. The Morgan fingerprint density at radius 3 is 2.39 bits per heavy atom. The van der Waals surface area contributed by atoms with Crippen LogP contribution < -0.4 is 4.74 Å². The van der Waals surface area contributed by atoms with Crippen molar-refractivity contribution in [2.45, 2.75) is 13.0 Å². The first-order chi connectivity index (χ1) is 8.72. The normalized spacial score (nSPS) is 12.2. The molecular formula is C15H15ClO2. The zero-order valence-corrected chi connectivity index (χ0v) is 10.9. The summed E-state index contributed by atoms with van der Waals surface area (Å²) in [7, 11) is 0. The zero-order chi connectivity index (χ0) is 13.0. The molecule has 2 nitrogen and oxygen atoms in total. The number of aliphatic hydroxyl groups is 1. The molecule has 0 aliphatic carbocycles. The van der Waals surface area contributed by atoms with Gasteiger partial charge in [-0.15, -0.1) is 0 Å². The first kappa shape index (κ1) is 12.9. The van der Waals surface area contributed by atoms with Crippen LogP contribution in [0.3, 0.4) is 0 Å². The van der Waals surface area contributed by atoms with Gasteiger partial charge in [0.25, 0.3) is 0 Å². The van der Waals surface area contributed by atoms with E-state index in [0.717, 1.165) is 11.3 Å². The third-order valence-corrected chi connectivity index (χ3v) is 3.05. The van der Waals surface area contributed by atoms with Crippen LogP contribution in [0.25, 0.3) is 0 Å². The van der Waals surface area contributed by atoms with E-state index in [1.807, 2.05) is 49.4 Å². The van der Waals surface area contributed by atoms with Gasteiger partial charge in [0.2, 0.25) is 0 Å². The lowest BCUT2D eigenvalue weighted by Crippen LogP contribution is -2.00. The zero-order valence-electron chi connectivity index (χ0n) is 10.1. The second kappa shape index (κ2) is 5.89. The van der Waals surface area contributed by atoms with Gasteiger partial charge in [0.1, 0.15) is 11.9 Å². The van der Waals surface area contributed by atoms with Gasteiger partial charge in [-0.25, -0.2) is 0 Å². The number of rotatable bonds is 4. The molecule has 1 N–H and O–H groups in total. The van der Waals surface area contributed by atoms with E-state index in [-0.39, 0.29) is 0 Å². The van der Waals surface area contributed by atoms with Crippen LogP contribution >= 0.6 is 11.6 Å². The minimum atomic E-state index is -0.714. The lowest BCUT2D eigenvalue weighted by atomic mass is 10.0. The van der Waals surface area contributed by atoms with Crippen LogP contribution in [-0.2, 0) is 0 Å². The number of hydrogen-bond donors (Lipinski definition) is 1. The molecule has 0 spiro atoms. The van der Waals surface area contributed by atoms with E-state index < -0.39 is 6.10 Å². The van der Waals surface area contributed by atoms with Gasteiger partial charge in [-0.05, 0) is 30.7 Å².